The van der Waals surface area contributed by atoms with Gasteiger partial charge in [0, 0.05) is 42.7 Å². The van der Waals surface area contributed by atoms with Gasteiger partial charge in [-0.25, -0.2) is 4.79 Å². The lowest BCUT2D eigenvalue weighted by molar-refractivity contribution is 0.0741. The Morgan fingerprint density at radius 3 is 2.56 bits per heavy atom. The number of hydrogen-bond acceptors (Lipinski definition) is 5. The maximum absolute atomic E-state index is 11.6. The molecule has 2 aromatic carbocycles. The zero-order valence-electron chi connectivity index (χ0n) is 14.9. The molecule has 0 unspecified atom stereocenters. The lowest BCUT2D eigenvalue weighted by Gasteiger charge is -2.35. The highest BCUT2D eigenvalue weighted by Gasteiger charge is 2.21. The Morgan fingerprint density at radius 2 is 1.74 bits per heavy atom. The molecule has 1 saturated heterocycles. The summed E-state index contributed by atoms with van der Waals surface area (Å²) in [4.78, 5) is 16.2. The average Bonchev–Trinajstić information content (AvgIpc) is 2.66. The summed E-state index contributed by atoms with van der Waals surface area (Å²) in [5.74, 6) is 0.153. The Kier molecular flexibility index (Phi) is 5.16. The molecule has 0 saturated carbocycles. The predicted octanol–water partition coefficient (Wildman–Crippen LogP) is 3.82. The van der Waals surface area contributed by atoms with Gasteiger partial charge in [-0.15, -0.1) is 0 Å². The minimum Gasteiger partial charge on any atom is -0.507 e. The molecule has 1 aromatic heterocycles. The first-order valence-corrected chi connectivity index (χ1v) is 9.41. The smallest absolute Gasteiger partial charge is 0.336 e. The topological polar surface area (TPSA) is 56.9 Å². The van der Waals surface area contributed by atoms with Gasteiger partial charge in [0.2, 0.25) is 0 Å². The van der Waals surface area contributed by atoms with Gasteiger partial charge in [-0.3, -0.25) is 9.80 Å². The molecule has 0 bridgehead atoms. The number of benzene rings is 2. The van der Waals surface area contributed by atoms with Crippen molar-refractivity contribution in [3.8, 4) is 5.75 Å². The lowest BCUT2D eigenvalue weighted by atomic mass is 10.1. The van der Waals surface area contributed by atoms with E-state index in [9.17, 15) is 9.90 Å². The Labute approximate surface area is 162 Å². The van der Waals surface area contributed by atoms with E-state index in [1.54, 1.807) is 18.2 Å². The van der Waals surface area contributed by atoms with Crippen LogP contribution in [0.1, 0.15) is 17.5 Å². The first-order valence-electron chi connectivity index (χ1n) is 9.03. The summed E-state index contributed by atoms with van der Waals surface area (Å²) < 4.78 is 5.38. The van der Waals surface area contributed by atoms with Crippen molar-refractivity contribution in [1.29, 1.82) is 0 Å². The third kappa shape index (κ3) is 4.00. The van der Waals surface area contributed by atoms with Crippen LogP contribution in [0.25, 0.3) is 11.0 Å². The van der Waals surface area contributed by atoms with Gasteiger partial charge < -0.3 is 9.52 Å². The molecule has 1 aliphatic heterocycles. The highest BCUT2D eigenvalue weighted by atomic mass is 35.5. The molecule has 0 spiro atoms. The molecule has 0 atom stereocenters. The van der Waals surface area contributed by atoms with E-state index in [1.165, 1.54) is 6.07 Å². The van der Waals surface area contributed by atoms with Crippen LogP contribution in [-0.2, 0) is 13.1 Å². The van der Waals surface area contributed by atoms with Crippen molar-refractivity contribution in [3.05, 3.63) is 75.1 Å². The van der Waals surface area contributed by atoms with E-state index in [2.05, 4.69) is 9.80 Å². The summed E-state index contributed by atoms with van der Waals surface area (Å²) >= 11 is 6.30. The van der Waals surface area contributed by atoms with Crippen molar-refractivity contribution in [1.82, 2.24) is 9.80 Å². The van der Waals surface area contributed by atoms with Gasteiger partial charge in [0.05, 0.1) is 12.2 Å². The highest BCUT2D eigenvalue weighted by Crippen LogP contribution is 2.28. The Hall–Kier alpha value is -2.34. The Balaban J connectivity index is 1.54. The quantitative estimate of drug-likeness (QED) is 0.693. The van der Waals surface area contributed by atoms with E-state index >= 15 is 0 Å². The maximum atomic E-state index is 11.6. The second-order valence-electron chi connectivity index (χ2n) is 6.93. The summed E-state index contributed by atoms with van der Waals surface area (Å²) in [5.41, 5.74) is 1.82. The number of nitrogens with zero attached hydrogens (tertiary/aromatic N) is 2. The van der Waals surface area contributed by atoms with Gasteiger partial charge in [-0.1, -0.05) is 29.8 Å². The van der Waals surface area contributed by atoms with E-state index in [0.29, 0.717) is 17.7 Å². The summed E-state index contributed by atoms with van der Waals surface area (Å²) in [6.45, 7) is 3.99. The van der Waals surface area contributed by atoms with E-state index < -0.39 is 5.63 Å². The van der Waals surface area contributed by atoms with Crippen LogP contribution in [-0.4, -0.2) is 34.7 Å². The van der Waals surface area contributed by atoms with Gasteiger partial charge in [0.15, 0.2) is 0 Å². The van der Waals surface area contributed by atoms with Crippen molar-refractivity contribution >= 4 is 22.6 Å². The lowest BCUT2D eigenvalue weighted by Crippen LogP contribution is -2.43. The average molecular weight is 385 g/mol. The van der Waals surface area contributed by atoms with Crippen LogP contribution in [0.4, 0.5) is 0 Å². The molecule has 0 radical (unpaired) electrons. The summed E-state index contributed by atoms with van der Waals surface area (Å²) in [5, 5.41) is 11.9. The summed E-state index contributed by atoms with van der Waals surface area (Å²) in [6, 6.07) is 14.4. The molecule has 0 aliphatic carbocycles. The van der Waals surface area contributed by atoms with Crippen LogP contribution in [0.15, 0.2) is 57.7 Å². The van der Waals surface area contributed by atoms with Crippen molar-refractivity contribution in [2.45, 2.75) is 19.5 Å². The number of aromatic hydroxyl groups is 1. The van der Waals surface area contributed by atoms with Crippen LogP contribution in [0.2, 0.25) is 5.02 Å². The molecular weight excluding hydrogens is 364 g/mol. The number of fused-ring (bicyclic) bond motifs is 1. The summed E-state index contributed by atoms with van der Waals surface area (Å²) in [7, 11) is 0. The monoisotopic (exact) mass is 384 g/mol. The second-order valence-corrected chi connectivity index (χ2v) is 7.33. The molecular formula is C21H21ClN2O3. The van der Waals surface area contributed by atoms with Gasteiger partial charge in [0.1, 0.15) is 11.3 Å². The van der Waals surface area contributed by atoms with Gasteiger partial charge >= 0.3 is 5.63 Å². The maximum Gasteiger partial charge on any atom is 0.336 e. The predicted molar refractivity (Wildman–Crippen MR) is 106 cm³/mol. The third-order valence-electron chi connectivity index (χ3n) is 4.95. The SMILES string of the molecule is O=c1ccc2ccc(O)c(CN3CCCN(Cc4ccccc4Cl)C3)c2o1. The largest absolute Gasteiger partial charge is 0.507 e. The number of phenolic OH excluding ortho intramolecular Hbond substituents is 1. The molecule has 2 heterocycles. The third-order valence-corrected chi connectivity index (χ3v) is 5.32. The Bertz CT molecular complexity index is 1020. The normalized spacial score (nSPS) is 16.0. The molecule has 6 heteroatoms. The van der Waals surface area contributed by atoms with Gasteiger partial charge in [-0.2, -0.15) is 0 Å². The zero-order chi connectivity index (χ0) is 18.8. The summed E-state index contributed by atoms with van der Waals surface area (Å²) in [6.07, 6.45) is 1.03. The van der Waals surface area contributed by atoms with Crippen LogP contribution < -0.4 is 5.63 Å². The van der Waals surface area contributed by atoms with Gasteiger partial charge in [-0.05, 0) is 36.2 Å². The number of phenols is 1. The number of rotatable bonds is 4. The van der Waals surface area contributed by atoms with Crippen LogP contribution in [0, 0.1) is 0 Å². The zero-order valence-corrected chi connectivity index (χ0v) is 15.7. The van der Waals surface area contributed by atoms with E-state index in [1.807, 2.05) is 24.3 Å². The van der Waals surface area contributed by atoms with Crippen molar-refractivity contribution < 1.29 is 9.52 Å². The first-order chi connectivity index (χ1) is 13.1. The number of hydrogen-bond donors (Lipinski definition) is 1. The van der Waals surface area contributed by atoms with Crippen molar-refractivity contribution in [3.63, 3.8) is 0 Å². The molecule has 1 N–H and O–H groups in total. The molecule has 1 aliphatic rings. The fourth-order valence-electron chi connectivity index (χ4n) is 3.62. The van der Waals surface area contributed by atoms with Crippen molar-refractivity contribution in [2.75, 3.05) is 19.8 Å². The highest BCUT2D eigenvalue weighted by molar-refractivity contribution is 6.31. The van der Waals surface area contributed by atoms with E-state index in [-0.39, 0.29) is 5.75 Å². The second kappa shape index (κ2) is 7.72. The fourth-order valence-corrected chi connectivity index (χ4v) is 3.82. The molecule has 3 aromatic rings. The first kappa shape index (κ1) is 18.0. The van der Waals surface area contributed by atoms with Crippen LogP contribution in [0.5, 0.6) is 5.75 Å². The molecule has 5 nitrogen and oxygen atoms in total. The minimum absolute atomic E-state index is 0.153. The van der Waals surface area contributed by atoms with Crippen molar-refractivity contribution in [2.24, 2.45) is 0 Å². The molecule has 1 fully saturated rings. The molecule has 4 rings (SSSR count). The van der Waals surface area contributed by atoms with Crippen LogP contribution >= 0.6 is 11.6 Å². The van der Waals surface area contributed by atoms with Crippen LogP contribution in [0.3, 0.4) is 0 Å². The fraction of sp³-hybridized carbons (Fsp3) is 0.286. The number of halogens is 1. The van der Waals surface area contributed by atoms with E-state index in [0.717, 1.165) is 48.7 Å². The molecule has 140 valence electrons. The minimum atomic E-state index is -0.409. The molecule has 27 heavy (non-hydrogen) atoms. The molecule has 0 amide bonds. The standard InChI is InChI=1S/C21H21ClN2O3/c22-18-5-2-1-4-16(18)12-23-10-3-11-24(14-23)13-17-19(25)8-6-15-7-9-20(26)27-21(15)17/h1-2,4-9,25H,3,10-14H2. The van der Waals surface area contributed by atoms with E-state index in [4.69, 9.17) is 16.0 Å². The van der Waals surface area contributed by atoms with Gasteiger partial charge in [0.25, 0.3) is 0 Å². The Morgan fingerprint density at radius 1 is 1.00 bits per heavy atom.